The highest BCUT2D eigenvalue weighted by atomic mass is 35.5. The first-order valence-electron chi connectivity index (χ1n) is 2.32. The van der Waals surface area contributed by atoms with Crippen LogP contribution in [0.25, 0.3) is 0 Å². The number of rotatable bonds is 0. The molecule has 10 heavy (non-hydrogen) atoms. The average molecular weight is 221 g/mol. The normalized spacial score (nSPS) is 34.5. The van der Waals surface area contributed by atoms with E-state index in [1.807, 2.05) is 0 Å². The highest BCUT2D eigenvalue weighted by molar-refractivity contribution is 7.98. The molecule has 58 valence electrons. The van der Waals surface area contributed by atoms with Gasteiger partial charge in [-0.05, 0) is 6.08 Å². The molecule has 0 aromatic heterocycles. The molecule has 1 heterocycles. The maximum absolute atomic E-state index is 11.0. The Morgan fingerprint density at radius 2 is 1.90 bits per heavy atom. The predicted octanol–water partition coefficient (Wildman–Crippen LogP) is 1.67. The van der Waals surface area contributed by atoms with E-state index in [-0.39, 0.29) is 0 Å². The standard InChI is InChI=1S/C4H3Cl3O2S/c5-3-1-2-4(6,7)10(3,8)9/h1-3H. The van der Waals surface area contributed by atoms with E-state index in [1.165, 1.54) is 6.08 Å². The van der Waals surface area contributed by atoms with Crippen molar-refractivity contribution >= 4 is 44.6 Å². The summed E-state index contributed by atoms with van der Waals surface area (Å²) in [4.78, 5) is 0. The van der Waals surface area contributed by atoms with Crippen LogP contribution < -0.4 is 0 Å². The smallest absolute Gasteiger partial charge is 0.223 e. The van der Waals surface area contributed by atoms with E-state index in [0.717, 1.165) is 6.08 Å². The van der Waals surface area contributed by atoms with Crippen LogP contribution in [-0.4, -0.2) is 16.8 Å². The minimum atomic E-state index is -3.62. The summed E-state index contributed by atoms with van der Waals surface area (Å²) in [5.74, 6) is 0. The van der Waals surface area contributed by atoms with Gasteiger partial charge in [-0.2, -0.15) is 0 Å². The van der Waals surface area contributed by atoms with E-state index < -0.39 is 18.2 Å². The van der Waals surface area contributed by atoms with Gasteiger partial charge < -0.3 is 0 Å². The lowest BCUT2D eigenvalue weighted by Crippen LogP contribution is -2.24. The molecule has 6 heteroatoms. The summed E-state index contributed by atoms with van der Waals surface area (Å²) in [6, 6.07) is 0. The molecule has 1 aliphatic rings. The zero-order chi connectivity index (χ0) is 7.99. The van der Waals surface area contributed by atoms with Crippen LogP contribution in [0.5, 0.6) is 0 Å². The lowest BCUT2D eigenvalue weighted by Gasteiger charge is -2.09. The summed E-state index contributed by atoms with van der Waals surface area (Å²) in [7, 11) is -3.62. The second kappa shape index (κ2) is 2.27. The molecule has 0 saturated heterocycles. The van der Waals surface area contributed by atoms with Crippen molar-refractivity contribution in [1.29, 1.82) is 0 Å². The number of alkyl halides is 3. The van der Waals surface area contributed by atoms with Crippen molar-refractivity contribution in [3.8, 4) is 0 Å². The number of sulfone groups is 1. The first kappa shape index (κ1) is 8.65. The van der Waals surface area contributed by atoms with E-state index in [9.17, 15) is 8.42 Å². The minimum Gasteiger partial charge on any atom is -0.223 e. The molecule has 0 aromatic rings. The van der Waals surface area contributed by atoms with E-state index in [4.69, 9.17) is 34.8 Å². The average Bonchev–Trinajstić information content (AvgIpc) is 1.94. The van der Waals surface area contributed by atoms with E-state index >= 15 is 0 Å². The summed E-state index contributed by atoms with van der Waals surface area (Å²) in [6.07, 6.45) is 2.40. The Balaban J connectivity index is 3.19. The molecule has 0 radical (unpaired) electrons. The van der Waals surface area contributed by atoms with Crippen molar-refractivity contribution in [3.63, 3.8) is 0 Å². The molecule has 0 amide bonds. The zero-order valence-corrected chi connectivity index (χ0v) is 7.67. The molecule has 0 saturated carbocycles. The second-order valence-corrected chi connectivity index (χ2v) is 6.62. The van der Waals surface area contributed by atoms with Gasteiger partial charge in [0.1, 0.15) is 0 Å². The molecule has 0 bridgehead atoms. The van der Waals surface area contributed by atoms with Crippen LogP contribution in [0.4, 0.5) is 0 Å². The largest absolute Gasteiger partial charge is 0.237 e. The summed E-state index contributed by atoms with van der Waals surface area (Å²) in [5, 5.41) is 0. The number of hydrogen-bond acceptors (Lipinski definition) is 2. The van der Waals surface area contributed by atoms with Gasteiger partial charge in [0.05, 0.1) is 0 Å². The Morgan fingerprint density at radius 1 is 1.40 bits per heavy atom. The third-order valence-corrected chi connectivity index (χ3v) is 5.15. The minimum absolute atomic E-state index is 1.09. The van der Waals surface area contributed by atoms with Gasteiger partial charge in [0.2, 0.25) is 13.5 Å². The Morgan fingerprint density at radius 3 is 2.00 bits per heavy atom. The van der Waals surface area contributed by atoms with Crippen molar-refractivity contribution in [3.05, 3.63) is 12.2 Å². The summed E-state index contributed by atoms with van der Waals surface area (Å²) >= 11 is 16.1. The molecule has 0 aliphatic carbocycles. The van der Waals surface area contributed by atoms with Crippen LogP contribution >= 0.6 is 34.8 Å². The Kier molecular flexibility index (Phi) is 1.97. The van der Waals surface area contributed by atoms with E-state index in [2.05, 4.69) is 0 Å². The molecule has 0 fully saturated rings. The third-order valence-electron chi connectivity index (χ3n) is 1.12. The monoisotopic (exact) mass is 220 g/mol. The van der Waals surface area contributed by atoms with Gasteiger partial charge in [-0.25, -0.2) is 8.42 Å². The molecular weight excluding hydrogens is 218 g/mol. The Labute approximate surface area is 73.7 Å². The van der Waals surface area contributed by atoms with Gasteiger partial charge in [0.25, 0.3) is 0 Å². The Bertz CT molecular complexity index is 266. The lowest BCUT2D eigenvalue weighted by molar-refractivity contribution is 0.597. The third kappa shape index (κ3) is 1.05. The first-order valence-corrected chi connectivity index (χ1v) is 5.06. The fraction of sp³-hybridized carbons (Fsp3) is 0.500. The van der Waals surface area contributed by atoms with Crippen LogP contribution in [0.15, 0.2) is 12.2 Å². The van der Waals surface area contributed by atoms with Gasteiger partial charge in [-0.1, -0.05) is 29.3 Å². The van der Waals surface area contributed by atoms with Crippen molar-refractivity contribution in [1.82, 2.24) is 0 Å². The molecule has 0 aromatic carbocycles. The molecule has 1 rings (SSSR count). The van der Waals surface area contributed by atoms with Crippen LogP contribution in [0.2, 0.25) is 0 Å². The van der Waals surface area contributed by atoms with Crippen molar-refractivity contribution in [2.45, 2.75) is 8.37 Å². The van der Waals surface area contributed by atoms with Gasteiger partial charge >= 0.3 is 0 Å². The summed E-state index contributed by atoms with van der Waals surface area (Å²) in [6.45, 7) is 0. The van der Waals surface area contributed by atoms with Gasteiger partial charge in [0.15, 0.2) is 4.71 Å². The topological polar surface area (TPSA) is 34.1 Å². The van der Waals surface area contributed by atoms with Gasteiger partial charge in [-0.15, -0.1) is 11.6 Å². The predicted molar refractivity (Wildman–Crippen MR) is 42.1 cm³/mol. The van der Waals surface area contributed by atoms with Crippen LogP contribution in [0.3, 0.4) is 0 Å². The summed E-state index contributed by atoms with van der Waals surface area (Å²) in [5.41, 5.74) is 0. The molecular formula is C4H3Cl3O2S. The SMILES string of the molecule is O=S1(=O)C(Cl)C=CC1(Cl)Cl. The van der Waals surface area contributed by atoms with Crippen LogP contribution in [-0.2, 0) is 9.84 Å². The van der Waals surface area contributed by atoms with Crippen molar-refractivity contribution in [2.24, 2.45) is 0 Å². The van der Waals surface area contributed by atoms with E-state index in [1.54, 1.807) is 0 Å². The molecule has 1 unspecified atom stereocenters. The van der Waals surface area contributed by atoms with Crippen LogP contribution in [0.1, 0.15) is 0 Å². The highest BCUT2D eigenvalue weighted by Crippen LogP contribution is 2.39. The van der Waals surface area contributed by atoms with Crippen molar-refractivity contribution in [2.75, 3.05) is 0 Å². The fourth-order valence-corrected chi connectivity index (χ4v) is 2.88. The van der Waals surface area contributed by atoms with Gasteiger partial charge in [0, 0.05) is 0 Å². The van der Waals surface area contributed by atoms with E-state index in [0.29, 0.717) is 0 Å². The molecule has 0 spiro atoms. The fourth-order valence-electron chi connectivity index (χ4n) is 0.536. The maximum Gasteiger partial charge on any atom is 0.237 e. The highest BCUT2D eigenvalue weighted by Gasteiger charge is 2.46. The summed E-state index contributed by atoms with van der Waals surface area (Å²) < 4.78 is 19.0. The lowest BCUT2D eigenvalue weighted by atomic mass is 10.6. The quantitative estimate of drug-likeness (QED) is 0.461. The molecule has 2 nitrogen and oxygen atoms in total. The van der Waals surface area contributed by atoms with Gasteiger partial charge in [-0.3, -0.25) is 0 Å². The van der Waals surface area contributed by atoms with Crippen LogP contribution in [0, 0.1) is 0 Å². The first-order chi connectivity index (χ1) is 4.38. The zero-order valence-electron chi connectivity index (χ0n) is 4.59. The number of hydrogen-bond donors (Lipinski definition) is 0. The molecule has 1 aliphatic heterocycles. The molecule has 1 atom stereocenters. The number of halogens is 3. The van der Waals surface area contributed by atoms with Crippen molar-refractivity contribution < 1.29 is 8.42 Å². The second-order valence-electron chi connectivity index (χ2n) is 1.82. The Hall–Kier alpha value is 0.560. The molecule has 0 N–H and O–H groups in total. The maximum atomic E-state index is 11.0.